The Morgan fingerprint density at radius 1 is 1.12 bits per heavy atom. The Balaban J connectivity index is 2.35. The second-order valence-corrected chi connectivity index (χ2v) is 10.1. The Labute approximate surface area is 199 Å². The first kappa shape index (κ1) is 26.3. The fraction of sp³-hybridized carbons (Fsp3) is 0.409. The van der Waals surface area contributed by atoms with Gasteiger partial charge >= 0.3 is 0 Å². The zero-order valence-electron chi connectivity index (χ0n) is 18.5. The van der Waals surface area contributed by atoms with Crippen LogP contribution in [0.2, 0.25) is 10.0 Å². The molecule has 0 aliphatic heterocycles. The van der Waals surface area contributed by atoms with Crippen LogP contribution < -0.4 is 14.4 Å². The first-order valence-corrected chi connectivity index (χ1v) is 12.3. The van der Waals surface area contributed by atoms with Gasteiger partial charge < -0.3 is 14.8 Å². The van der Waals surface area contributed by atoms with Gasteiger partial charge in [-0.05, 0) is 63.1 Å². The smallest absolute Gasteiger partial charge is 0.268 e. The summed E-state index contributed by atoms with van der Waals surface area (Å²) in [6.07, 6.45) is 0.703. The van der Waals surface area contributed by atoms with Crippen LogP contribution in [-0.2, 0) is 19.6 Å². The van der Waals surface area contributed by atoms with E-state index in [1.807, 2.05) is 13.8 Å². The SMILES string of the molecule is COc1ccc(C)cc1S(=O)(=O)N(CC(=O)NCCCOC(C)C)c1cc(Cl)cc(Cl)c1. The lowest BCUT2D eigenvalue weighted by Crippen LogP contribution is -2.41. The number of halogens is 2. The van der Waals surface area contributed by atoms with Crippen LogP contribution in [0.3, 0.4) is 0 Å². The highest BCUT2D eigenvalue weighted by molar-refractivity contribution is 7.93. The van der Waals surface area contributed by atoms with Gasteiger partial charge in [-0.2, -0.15) is 0 Å². The fourth-order valence-electron chi connectivity index (χ4n) is 2.91. The monoisotopic (exact) mass is 502 g/mol. The van der Waals surface area contributed by atoms with E-state index in [0.717, 1.165) is 9.87 Å². The molecule has 0 fully saturated rings. The van der Waals surface area contributed by atoms with Crippen LogP contribution in [0, 0.1) is 6.92 Å². The summed E-state index contributed by atoms with van der Waals surface area (Å²) < 4.78 is 39.0. The molecule has 2 rings (SSSR count). The third-order valence-electron chi connectivity index (χ3n) is 4.40. The number of carbonyl (C=O) groups excluding carboxylic acids is 1. The van der Waals surface area contributed by atoms with Crippen LogP contribution in [0.1, 0.15) is 25.8 Å². The Morgan fingerprint density at radius 3 is 2.38 bits per heavy atom. The minimum atomic E-state index is -4.19. The van der Waals surface area contributed by atoms with Gasteiger partial charge in [-0.25, -0.2) is 8.42 Å². The second kappa shape index (κ2) is 11.7. The number of carbonyl (C=O) groups is 1. The fourth-order valence-corrected chi connectivity index (χ4v) is 5.07. The molecule has 0 spiro atoms. The molecule has 0 saturated heterocycles. The van der Waals surface area contributed by atoms with Crippen molar-refractivity contribution in [1.82, 2.24) is 5.32 Å². The minimum Gasteiger partial charge on any atom is -0.495 e. The molecule has 0 atom stereocenters. The predicted octanol–water partition coefficient (Wildman–Crippen LogP) is 4.44. The van der Waals surface area contributed by atoms with E-state index in [0.29, 0.717) is 19.6 Å². The van der Waals surface area contributed by atoms with Crippen LogP contribution in [0.15, 0.2) is 41.3 Å². The summed E-state index contributed by atoms with van der Waals surface area (Å²) in [5, 5.41) is 3.22. The number of amides is 1. The number of benzene rings is 2. The van der Waals surface area contributed by atoms with Gasteiger partial charge in [0.2, 0.25) is 5.91 Å². The molecule has 7 nitrogen and oxygen atoms in total. The first-order chi connectivity index (χ1) is 15.0. The van der Waals surface area contributed by atoms with Crippen molar-refractivity contribution in [3.8, 4) is 5.75 Å². The summed E-state index contributed by atoms with van der Waals surface area (Å²) >= 11 is 12.2. The number of anilines is 1. The largest absolute Gasteiger partial charge is 0.495 e. The Hall–Kier alpha value is -2.00. The highest BCUT2D eigenvalue weighted by atomic mass is 35.5. The van der Waals surface area contributed by atoms with E-state index in [-0.39, 0.29) is 32.5 Å². The van der Waals surface area contributed by atoms with Crippen LogP contribution >= 0.6 is 23.2 Å². The van der Waals surface area contributed by atoms with E-state index in [9.17, 15) is 13.2 Å². The molecule has 176 valence electrons. The number of hydrogen-bond acceptors (Lipinski definition) is 5. The van der Waals surface area contributed by atoms with E-state index < -0.39 is 22.5 Å². The van der Waals surface area contributed by atoms with E-state index in [2.05, 4.69) is 5.32 Å². The van der Waals surface area contributed by atoms with Crippen molar-refractivity contribution in [3.05, 3.63) is 52.0 Å². The standard InChI is InChI=1S/C22H28Cl2N2O5S/c1-15(2)31-9-5-8-25-22(27)14-26(19-12-17(23)11-18(24)13-19)32(28,29)21-10-16(3)6-7-20(21)30-4/h6-7,10-13,15H,5,8-9,14H2,1-4H3,(H,25,27). The molecule has 1 N–H and O–H groups in total. The summed E-state index contributed by atoms with van der Waals surface area (Å²) in [6, 6.07) is 9.17. The van der Waals surface area contributed by atoms with Crippen molar-refractivity contribution >= 4 is 44.8 Å². The third kappa shape index (κ3) is 7.27. The summed E-state index contributed by atoms with van der Waals surface area (Å²) in [6.45, 7) is 6.01. The Kier molecular flexibility index (Phi) is 9.64. The molecule has 32 heavy (non-hydrogen) atoms. The Bertz CT molecular complexity index is 1020. The van der Waals surface area contributed by atoms with Gasteiger partial charge in [0.25, 0.3) is 10.0 Å². The van der Waals surface area contributed by atoms with Gasteiger partial charge in [-0.15, -0.1) is 0 Å². The molecular weight excluding hydrogens is 475 g/mol. The lowest BCUT2D eigenvalue weighted by atomic mass is 10.2. The number of ether oxygens (including phenoxy) is 2. The molecule has 0 aliphatic carbocycles. The molecule has 0 aliphatic rings. The molecule has 0 unspecified atom stereocenters. The van der Waals surface area contributed by atoms with E-state index in [4.69, 9.17) is 32.7 Å². The van der Waals surface area contributed by atoms with Gasteiger partial charge in [-0.3, -0.25) is 9.10 Å². The summed E-state index contributed by atoms with van der Waals surface area (Å²) in [5.41, 5.74) is 0.896. The van der Waals surface area contributed by atoms with E-state index >= 15 is 0 Å². The van der Waals surface area contributed by atoms with Crippen LogP contribution in [0.5, 0.6) is 5.75 Å². The first-order valence-electron chi connectivity index (χ1n) is 10.1. The lowest BCUT2D eigenvalue weighted by Gasteiger charge is -2.25. The third-order valence-corrected chi connectivity index (χ3v) is 6.64. The van der Waals surface area contributed by atoms with Crippen molar-refractivity contribution in [1.29, 1.82) is 0 Å². The molecule has 0 aromatic heterocycles. The number of aryl methyl sites for hydroxylation is 1. The molecule has 0 heterocycles. The van der Waals surface area contributed by atoms with Gasteiger partial charge in [0.15, 0.2) is 0 Å². The number of methoxy groups -OCH3 is 1. The average Bonchev–Trinajstić information content (AvgIpc) is 2.70. The summed E-state index contributed by atoms with van der Waals surface area (Å²) in [4.78, 5) is 12.6. The molecule has 0 saturated carbocycles. The van der Waals surface area contributed by atoms with Crippen molar-refractivity contribution in [2.45, 2.75) is 38.2 Å². The van der Waals surface area contributed by atoms with E-state index in [1.54, 1.807) is 19.1 Å². The van der Waals surface area contributed by atoms with Crippen LogP contribution in [0.4, 0.5) is 5.69 Å². The maximum atomic E-state index is 13.6. The summed E-state index contributed by atoms with van der Waals surface area (Å²) in [5.74, 6) is -0.305. The zero-order valence-corrected chi connectivity index (χ0v) is 20.9. The normalized spacial score (nSPS) is 11.5. The molecule has 0 bridgehead atoms. The number of rotatable bonds is 11. The zero-order chi connectivity index (χ0) is 23.9. The molecule has 2 aromatic carbocycles. The minimum absolute atomic E-state index is 0.0609. The van der Waals surface area contributed by atoms with Crippen LogP contribution in [0.25, 0.3) is 0 Å². The molecule has 1 amide bonds. The topological polar surface area (TPSA) is 84.9 Å². The summed E-state index contributed by atoms with van der Waals surface area (Å²) in [7, 11) is -2.80. The molecule has 0 radical (unpaired) electrons. The lowest BCUT2D eigenvalue weighted by molar-refractivity contribution is -0.119. The number of nitrogens with zero attached hydrogens (tertiary/aromatic N) is 1. The highest BCUT2D eigenvalue weighted by Gasteiger charge is 2.30. The quantitative estimate of drug-likeness (QED) is 0.459. The van der Waals surface area contributed by atoms with Crippen LogP contribution in [-0.4, -0.2) is 47.2 Å². The number of sulfonamides is 1. The van der Waals surface area contributed by atoms with E-state index in [1.165, 1.54) is 31.4 Å². The van der Waals surface area contributed by atoms with Crippen molar-refractivity contribution in [3.63, 3.8) is 0 Å². The van der Waals surface area contributed by atoms with Crippen molar-refractivity contribution < 1.29 is 22.7 Å². The second-order valence-electron chi connectivity index (χ2n) is 7.42. The predicted molar refractivity (Wildman–Crippen MR) is 127 cm³/mol. The van der Waals surface area contributed by atoms with Gasteiger partial charge in [-0.1, -0.05) is 29.3 Å². The molecular formula is C22H28Cl2N2O5S. The Morgan fingerprint density at radius 2 is 1.78 bits per heavy atom. The molecule has 10 heteroatoms. The number of nitrogens with one attached hydrogen (secondary N) is 1. The average molecular weight is 503 g/mol. The highest BCUT2D eigenvalue weighted by Crippen LogP contribution is 2.33. The maximum Gasteiger partial charge on any atom is 0.268 e. The van der Waals surface area contributed by atoms with Gasteiger partial charge in [0, 0.05) is 23.2 Å². The van der Waals surface area contributed by atoms with Gasteiger partial charge in [0.05, 0.1) is 18.9 Å². The number of hydrogen-bond donors (Lipinski definition) is 1. The molecule has 2 aromatic rings. The van der Waals surface area contributed by atoms with Crippen molar-refractivity contribution in [2.75, 3.05) is 31.1 Å². The van der Waals surface area contributed by atoms with Gasteiger partial charge in [0.1, 0.15) is 17.2 Å². The maximum absolute atomic E-state index is 13.6. The van der Waals surface area contributed by atoms with Crippen molar-refractivity contribution in [2.24, 2.45) is 0 Å².